The highest BCUT2D eigenvalue weighted by Crippen LogP contribution is 2.17. The molecule has 1 unspecified atom stereocenters. The second-order valence-electron chi connectivity index (χ2n) is 2.98. The number of carboxylic acid groups (broad SMARTS) is 1. The van der Waals surface area contributed by atoms with Crippen molar-refractivity contribution in [1.29, 1.82) is 0 Å². The molecule has 0 fully saturated rings. The van der Waals surface area contributed by atoms with Gasteiger partial charge in [-0.2, -0.15) is 0 Å². The van der Waals surface area contributed by atoms with E-state index in [9.17, 15) is 14.7 Å². The molecule has 12 heavy (non-hydrogen) atoms. The molecule has 0 aliphatic rings. The molecular weight excluding hydrogens is 164 g/mol. The van der Waals surface area contributed by atoms with Gasteiger partial charge in [0.05, 0.1) is 18.0 Å². The Kier molecular flexibility index (Phi) is 3.36. The van der Waals surface area contributed by atoms with Crippen LogP contribution in [0.4, 0.5) is 0 Å². The number of rotatable bonds is 4. The molecule has 5 heteroatoms. The maximum Gasteiger partial charge on any atom is 0.174 e. The van der Waals surface area contributed by atoms with Crippen LogP contribution in [0.2, 0.25) is 0 Å². The first-order valence-corrected chi connectivity index (χ1v) is 3.38. The summed E-state index contributed by atoms with van der Waals surface area (Å²) in [6.07, 6.45) is -1.65. The van der Waals surface area contributed by atoms with Crippen LogP contribution < -0.4 is 5.11 Å². The average Bonchev–Trinajstić information content (AvgIpc) is 2.01. The zero-order chi connectivity index (χ0) is 9.94. The Bertz CT molecular complexity index is 196. The molecule has 1 atom stereocenters. The van der Waals surface area contributed by atoms with E-state index in [1.807, 2.05) is 0 Å². The Balaban J connectivity index is 4.57. The number of hydrogen-bond acceptors (Lipinski definition) is 5. The van der Waals surface area contributed by atoms with Crippen LogP contribution in [-0.4, -0.2) is 34.7 Å². The predicted octanol–water partition coefficient (Wildman–Crippen LogP) is -2.32. The second-order valence-corrected chi connectivity index (χ2v) is 2.98. The van der Waals surface area contributed by atoms with E-state index in [0.29, 0.717) is 0 Å². The maximum absolute atomic E-state index is 11.0. The topological polar surface area (TPSA) is 97.7 Å². The maximum atomic E-state index is 11.0. The summed E-state index contributed by atoms with van der Waals surface area (Å²) in [5.74, 6) is -2.52. The van der Waals surface area contributed by atoms with E-state index in [2.05, 4.69) is 0 Å². The standard InChI is InChI=1S/C7H12O5/c1-7(2,6(11)12)5(10)4(9)3-8/h4,8-9H,3H2,1-2H3,(H,11,12)/p-1. The number of aliphatic hydroxyl groups excluding tert-OH is 2. The third-order valence-electron chi connectivity index (χ3n) is 1.60. The highest BCUT2D eigenvalue weighted by molar-refractivity contribution is 6.03. The fourth-order valence-corrected chi connectivity index (χ4v) is 0.600. The van der Waals surface area contributed by atoms with Crippen molar-refractivity contribution >= 4 is 11.8 Å². The van der Waals surface area contributed by atoms with Crippen LogP contribution in [0.3, 0.4) is 0 Å². The fraction of sp³-hybridized carbons (Fsp3) is 0.714. The van der Waals surface area contributed by atoms with E-state index < -0.39 is 29.9 Å². The quantitative estimate of drug-likeness (QED) is 0.467. The minimum Gasteiger partial charge on any atom is -0.549 e. The highest BCUT2D eigenvalue weighted by Gasteiger charge is 2.33. The van der Waals surface area contributed by atoms with Crippen LogP contribution in [-0.2, 0) is 9.59 Å². The Hall–Kier alpha value is -0.940. The number of hydrogen-bond donors (Lipinski definition) is 2. The van der Waals surface area contributed by atoms with Gasteiger partial charge < -0.3 is 20.1 Å². The molecule has 0 radical (unpaired) electrons. The van der Waals surface area contributed by atoms with Gasteiger partial charge in [0.2, 0.25) is 0 Å². The van der Waals surface area contributed by atoms with Gasteiger partial charge in [-0.1, -0.05) is 0 Å². The van der Waals surface area contributed by atoms with Crippen molar-refractivity contribution in [3.05, 3.63) is 0 Å². The molecule has 0 bridgehead atoms. The van der Waals surface area contributed by atoms with Crippen LogP contribution in [0.25, 0.3) is 0 Å². The van der Waals surface area contributed by atoms with E-state index >= 15 is 0 Å². The molecule has 0 aliphatic carbocycles. The van der Waals surface area contributed by atoms with E-state index in [-0.39, 0.29) is 0 Å². The summed E-state index contributed by atoms with van der Waals surface area (Å²) in [4.78, 5) is 21.4. The van der Waals surface area contributed by atoms with Gasteiger partial charge in [0.25, 0.3) is 0 Å². The number of Topliss-reactive ketones (excluding diaryl/α,β-unsaturated/α-hetero) is 1. The molecule has 0 spiro atoms. The van der Waals surface area contributed by atoms with Gasteiger partial charge >= 0.3 is 0 Å². The largest absolute Gasteiger partial charge is 0.549 e. The Labute approximate surface area is 69.6 Å². The van der Waals surface area contributed by atoms with Gasteiger partial charge in [-0.3, -0.25) is 4.79 Å². The van der Waals surface area contributed by atoms with Crippen molar-refractivity contribution < 1.29 is 24.9 Å². The summed E-state index contributed by atoms with van der Waals surface area (Å²) in [5.41, 5.74) is -1.76. The van der Waals surface area contributed by atoms with Gasteiger partial charge in [-0.05, 0) is 13.8 Å². The van der Waals surface area contributed by atoms with Crippen molar-refractivity contribution in [2.45, 2.75) is 20.0 Å². The number of aliphatic hydroxyl groups is 2. The normalized spacial score (nSPS) is 14.0. The molecule has 70 valence electrons. The Morgan fingerprint density at radius 2 is 1.92 bits per heavy atom. The van der Waals surface area contributed by atoms with Crippen LogP contribution in [0.15, 0.2) is 0 Å². The lowest BCUT2D eigenvalue weighted by Gasteiger charge is -2.25. The van der Waals surface area contributed by atoms with E-state index in [4.69, 9.17) is 10.2 Å². The van der Waals surface area contributed by atoms with Crippen LogP contribution >= 0.6 is 0 Å². The number of carbonyl (C=O) groups is 2. The first-order valence-electron chi connectivity index (χ1n) is 3.38. The van der Waals surface area contributed by atoms with Crippen molar-refractivity contribution in [1.82, 2.24) is 0 Å². The average molecular weight is 175 g/mol. The van der Waals surface area contributed by atoms with E-state index in [0.717, 1.165) is 13.8 Å². The smallest absolute Gasteiger partial charge is 0.174 e. The van der Waals surface area contributed by atoms with Crippen LogP contribution in [0.1, 0.15) is 13.8 Å². The second kappa shape index (κ2) is 3.64. The van der Waals surface area contributed by atoms with E-state index in [1.165, 1.54) is 0 Å². The van der Waals surface area contributed by atoms with Gasteiger partial charge in [-0.25, -0.2) is 0 Å². The van der Waals surface area contributed by atoms with Crippen molar-refractivity contribution in [3.8, 4) is 0 Å². The third kappa shape index (κ3) is 2.02. The third-order valence-corrected chi connectivity index (χ3v) is 1.60. The van der Waals surface area contributed by atoms with Gasteiger partial charge in [-0.15, -0.1) is 0 Å². The minimum absolute atomic E-state index is 0.782. The molecule has 0 aromatic heterocycles. The van der Waals surface area contributed by atoms with Crippen LogP contribution in [0, 0.1) is 5.41 Å². The molecule has 0 heterocycles. The lowest BCUT2D eigenvalue weighted by atomic mass is 9.85. The number of carbonyl (C=O) groups excluding carboxylic acids is 2. The lowest BCUT2D eigenvalue weighted by Crippen LogP contribution is -2.48. The number of carboxylic acids is 1. The minimum atomic E-state index is -1.76. The summed E-state index contributed by atoms with van der Waals surface area (Å²) in [6.45, 7) is 1.45. The number of aliphatic carboxylic acids is 1. The summed E-state index contributed by atoms with van der Waals surface area (Å²) >= 11 is 0. The Morgan fingerprint density at radius 3 is 2.17 bits per heavy atom. The van der Waals surface area contributed by atoms with E-state index in [1.54, 1.807) is 0 Å². The summed E-state index contributed by atoms with van der Waals surface area (Å²) in [6, 6.07) is 0. The molecule has 0 saturated carbocycles. The van der Waals surface area contributed by atoms with Crippen LogP contribution in [0.5, 0.6) is 0 Å². The lowest BCUT2D eigenvalue weighted by molar-refractivity contribution is -0.315. The SMILES string of the molecule is CC(C)(C(=O)[O-])C(=O)C(O)CO. The zero-order valence-corrected chi connectivity index (χ0v) is 6.90. The molecule has 0 aromatic carbocycles. The van der Waals surface area contributed by atoms with Gasteiger partial charge in [0.1, 0.15) is 6.10 Å². The fourth-order valence-electron chi connectivity index (χ4n) is 0.600. The molecule has 5 nitrogen and oxygen atoms in total. The monoisotopic (exact) mass is 175 g/mol. The highest BCUT2D eigenvalue weighted by atomic mass is 16.4. The van der Waals surface area contributed by atoms with Crippen molar-refractivity contribution in [3.63, 3.8) is 0 Å². The number of ketones is 1. The molecule has 0 amide bonds. The molecule has 0 aliphatic heterocycles. The van der Waals surface area contributed by atoms with Crippen molar-refractivity contribution in [2.24, 2.45) is 5.41 Å². The molecule has 0 rings (SSSR count). The first kappa shape index (κ1) is 11.1. The molecule has 0 saturated heterocycles. The summed E-state index contributed by atoms with van der Waals surface area (Å²) in [7, 11) is 0. The Morgan fingerprint density at radius 1 is 1.50 bits per heavy atom. The zero-order valence-electron chi connectivity index (χ0n) is 6.90. The van der Waals surface area contributed by atoms with Gasteiger partial charge in [0.15, 0.2) is 5.78 Å². The molecule has 2 N–H and O–H groups in total. The molecular formula is C7H11O5-. The first-order chi connectivity index (χ1) is 5.34. The van der Waals surface area contributed by atoms with Crippen molar-refractivity contribution in [2.75, 3.05) is 6.61 Å². The molecule has 0 aromatic rings. The predicted molar refractivity (Wildman–Crippen MR) is 36.9 cm³/mol. The summed E-state index contributed by atoms with van der Waals surface area (Å²) in [5, 5.41) is 27.5. The van der Waals surface area contributed by atoms with Gasteiger partial charge in [0, 0.05) is 0 Å². The summed E-state index contributed by atoms with van der Waals surface area (Å²) < 4.78 is 0.